The van der Waals surface area contributed by atoms with Crippen molar-refractivity contribution in [3.05, 3.63) is 47.3 Å². The van der Waals surface area contributed by atoms with E-state index >= 15 is 0 Å². The molecule has 0 saturated carbocycles. The van der Waals surface area contributed by atoms with Gasteiger partial charge in [-0.05, 0) is 56.9 Å². The summed E-state index contributed by atoms with van der Waals surface area (Å²) in [6.45, 7) is 6.07. The van der Waals surface area contributed by atoms with Gasteiger partial charge in [0.15, 0.2) is 0 Å². The molecule has 1 aromatic rings. The molecule has 1 aliphatic heterocycles. The van der Waals surface area contributed by atoms with Gasteiger partial charge in [0.2, 0.25) is 0 Å². The molecule has 1 aliphatic carbocycles. The molecule has 1 aromatic carbocycles. The second kappa shape index (κ2) is 5.41. The fraction of sp³-hybridized carbons (Fsp3) is 0.500. The van der Waals surface area contributed by atoms with E-state index in [-0.39, 0.29) is 23.9 Å². The zero-order valence-electron chi connectivity index (χ0n) is 13.3. The van der Waals surface area contributed by atoms with E-state index in [4.69, 9.17) is 4.74 Å². The molecule has 118 valence electrons. The van der Waals surface area contributed by atoms with Crippen LogP contribution in [-0.4, -0.2) is 22.6 Å². The number of ether oxygens (including phenoxy) is 1. The molecule has 0 unspecified atom stereocenters. The maximum absolute atomic E-state index is 13.6. The minimum Gasteiger partial charge on any atom is -0.444 e. The van der Waals surface area contributed by atoms with Gasteiger partial charge in [-0.2, -0.15) is 0 Å². The molecular weight excluding hydrogens is 281 g/mol. The summed E-state index contributed by atoms with van der Waals surface area (Å²) in [7, 11) is 0. The average molecular weight is 303 g/mol. The molecule has 0 spiro atoms. The minimum absolute atomic E-state index is 0.0436. The van der Waals surface area contributed by atoms with Crippen molar-refractivity contribution < 1.29 is 13.9 Å². The summed E-state index contributed by atoms with van der Waals surface area (Å²) in [6.07, 6.45) is 5.74. The van der Waals surface area contributed by atoms with Gasteiger partial charge in [0.1, 0.15) is 11.4 Å². The van der Waals surface area contributed by atoms with E-state index in [9.17, 15) is 9.18 Å². The number of hydrogen-bond acceptors (Lipinski definition) is 2. The van der Waals surface area contributed by atoms with Crippen LogP contribution >= 0.6 is 0 Å². The summed E-state index contributed by atoms with van der Waals surface area (Å²) in [5.74, 6) is -0.0604. The standard InChI is InChI=1S/C18H22FNO2/c1-18(2,3)22-17(21)20-11-12-8-9-13(19)10-15(12)14-6-4-5-7-16(14)20/h5,7-10,14,16H,4,6,11H2,1-3H3/t14-,16-/m0/s1. The van der Waals surface area contributed by atoms with E-state index < -0.39 is 5.60 Å². The molecule has 0 fully saturated rings. The van der Waals surface area contributed by atoms with E-state index in [1.54, 1.807) is 17.0 Å². The van der Waals surface area contributed by atoms with E-state index in [0.717, 1.165) is 24.0 Å². The molecule has 2 atom stereocenters. The minimum atomic E-state index is -0.520. The summed E-state index contributed by atoms with van der Waals surface area (Å²) in [4.78, 5) is 14.3. The first-order chi connectivity index (χ1) is 10.3. The molecule has 0 bridgehead atoms. The molecule has 2 aliphatic rings. The Morgan fingerprint density at radius 2 is 2.14 bits per heavy atom. The van der Waals surface area contributed by atoms with Gasteiger partial charge in [0, 0.05) is 12.5 Å². The molecule has 4 heteroatoms. The predicted octanol–water partition coefficient (Wildman–Crippen LogP) is 4.38. The Morgan fingerprint density at radius 3 is 2.86 bits per heavy atom. The van der Waals surface area contributed by atoms with Gasteiger partial charge in [-0.1, -0.05) is 18.2 Å². The number of nitrogens with zero attached hydrogens (tertiary/aromatic N) is 1. The summed E-state index contributed by atoms with van der Waals surface area (Å²) in [5.41, 5.74) is 1.53. The summed E-state index contributed by atoms with van der Waals surface area (Å²) < 4.78 is 19.2. The van der Waals surface area contributed by atoms with Crippen LogP contribution in [-0.2, 0) is 11.3 Å². The Labute approximate surface area is 130 Å². The lowest BCUT2D eigenvalue weighted by molar-refractivity contribution is 0.0127. The quantitative estimate of drug-likeness (QED) is 0.666. The van der Waals surface area contributed by atoms with E-state index in [2.05, 4.69) is 12.2 Å². The van der Waals surface area contributed by atoms with Gasteiger partial charge < -0.3 is 4.74 Å². The smallest absolute Gasteiger partial charge is 0.411 e. The number of carbonyl (C=O) groups is 1. The van der Waals surface area contributed by atoms with Gasteiger partial charge >= 0.3 is 6.09 Å². The van der Waals surface area contributed by atoms with E-state index in [1.165, 1.54) is 6.07 Å². The summed E-state index contributed by atoms with van der Waals surface area (Å²) in [6, 6.07) is 4.83. The van der Waals surface area contributed by atoms with Gasteiger partial charge in [0.25, 0.3) is 0 Å². The molecule has 1 amide bonds. The van der Waals surface area contributed by atoms with Crippen LogP contribution in [0.15, 0.2) is 30.4 Å². The van der Waals surface area contributed by atoms with Crippen molar-refractivity contribution in [1.82, 2.24) is 4.90 Å². The Balaban J connectivity index is 1.95. The molecule has 1 heterocycles. The third-order valence-electron chi connectivity index (χ3n) is 4.23. The van der Waals surface area contributed by atoms with E-state index in [1.807, 2.05) is 20.8 Å². The van der Waals surface area contributed by atoms with E-state index in [0.29, 0.717) is 6.54 Å². The Hall–Kier alpha value is -1.84. The molecule has 0 saturated heterocycles. The predicted molar refractivity (Wildman–Crippen MR) is 83.1 cm³/mol. The van der Waals surface area contributed by atoms with Crippen molar-refractivity contribution >= 4 is 6.09 Å². The zero-order valence-corrected chi connectivity index (χ0v) is 13.3. The van der Waals surface area contributed by atoms with Gasteiger partial charge in [0.05, 0.1) is 6.04 Å². The highest BCUT2D eigenvalue weighted by Crippen LogP contribution is 2.40. The highest BCUT2D eigenvalue weighted by Gasteiger charge is 2.38. The molecule has 0 N–H and O–H groups in total. The second-order valence-electron chi connectivity index (χ2n) is 7.05. The molecule has 0 radical (unpaired) electrons. The van der Waals surface area contributed by atoms with Crippen LogP contribution < -0.4 is 0 Å². The first kappa shape index (κ1) is 15.1. The molecule has 3 nitrogen and oxygen atoms in total. The van der Waals surface area contributed by atoms with Gasteiger partial charge in [-0.15, -0.1) is 0 Å². The van der Waals surface area contributed by atoms with Crippen LogP contribution in [0.1, 0.15) is 50.7 Å². The summed E-state index contributed by atoms with van der Waals surface area (Å²) >= 11 is 0. The average Bonchev–Trinajstić information content (AvgIpc) is 2.44. The number of carbonyl (C=O) groups excluding carboxylic acids is 1. The van der Waals surface area contributed by atoms with Crippen LogP contribution in [0, 0.1) is 5.82 Å². The normalized spacial score (nSPS) is 23.7. The Morgan fingerprint density at radius 1 is 1.36 bits per heavy atom. The fourth-order valence-electron chi connectivity index (χ4n) is 3.33. The zero-order chi connectivity index (χ0) is 15.9. The number of fused-ring (bicyclic) bond motifs is 3. The van der Waals surface area contributed by atoms with Crippen molar-refractivity contribution in [2.24, 2.45) is 0 Å². The Bertz CT molecular complexity index is 618. The van der Waals surface area contributed by atoms with Crippen LogP contribution in [0.4, 0.5) is 9.18 Å². The number of halogens is 1. The van der Waals surface area contributed by atoms with Crippen molar-refractivity contribution in [3.63, 3.8) is 0 Å². The third-order valence-corrected chi connectivity index (χ3v) is 4.23. The lowest BCUT2D eigenvalue weighted by Crippen LogP contribution is -2.48. The molecule has 3 rings (SSSR count). The van der Waals surface area contributed by atoms with Crippen molar-refractivity contribution in [1.29, 1.82) is 0 Å². The monoisotopic (exact) mass is 303 g/mol. The Kier molecular flexibility index (Phi) is 3.71. The second-order valence-corrected chi connectivity index (χ2v) is 7.05. The van der Waals surface area contributed by atoms with Crippen molar-refractivity contribution in [2.75, 3.05) is 0 Å². The van der Waals surface area contributed by atoms with Crippen molar-refractivity contribution in [2.45, 2.75) is 57.7 Å². The van der Waals surface area contributed by atoms with Crippen molar-refractivity contribution in [3.8, 4) is 0 Å². The number of hydrogen-bond donors (Lipinski definition) is 0. The maximum Gasteiger partial charge on any atom is 0.411 e. The molecule has 0 aromatic heterocycles. The number of rotatable bonds is 0. The first-order valence-corrected chi connectivity index (χ1v) is 7.80. The molecular formula is C18H22FNO2. The topological polar surface area (TPSA) is 29.5 Å². The first-order valence-electron chi connectivity index (χ1n) is 7.80. The lowest BCUT2D eigenvalue weighted by Gasteiger charge is -2.43. The lowest BCUT2D eigenvalue weighted by atomic mass is 9.78. The third kappa shape index (κ3) is 2.87. The van der Waals surface area contributed by atoms with Gasteiger partial charge in [-0.25, -0.2) is 9.18 Å². The fourth-order valence-corrected chi connectivity index (χ4v) is 3.33. The van der Waals surface area contributed by atoms with Gasteiger partial charge in [-0.3, -0.25) is 4.90 Å². The van der Waals surface area contributed by atoms with Crippen LogP contribution in [0.3, 0.4) is 0 Å². The van der Waals surface area contributed by atoms with Crippen LogP contribution in [0.25, 0.3) is 0 Å². The van der Waals surface area contributed by atoms with Crippen LogP contribution in [0.2, 0.25) is 0 Å². The number of amides is 1. The molecule has 22 heavy (non-hydrogen) atoms. The SMILES string of the molecule is CC(C)(C)OC(=O)N1Cc2ccc(F)cc2[C@@H]2CCC=C[C@@H]21. The number of allylic oxidation sites excluding steroid dienone is 1. The van der Waals surface area contributed by atoms with Crippen LogP contribution in [0.5, 0.6) is 0 Å². The number of benzene rings is 1. The highest BCUT2D eigenvalue weighted by atomic mass is 19.1. The maximum atomic E-state index is 13.6. The highest BCUT2D eigenvalue weighted by molar-refractivity contribution is 5.70. The largest absolute Gasteiger partial charge is 0.444 e. The summed E-state index contributed by atoms with van der Waals surface area (Å²) in [5, 5.41) is 0.